The molecule has 144 valence electrons. The number of rotatable bonds is 8. The van der Waals surface area contributed by atoms with Crippen molar-refractivity contribution >= 4 is 13.8 Å². The normalized spacial score (nSPS) is 16.8. The Morgan fingerprint density at radius 1 is 1.12 bits per heavy atom. The van der Waals surface area contributed by atoms with Gasteiger partial charge in [0.05, 0.1) is 18.9 Å². The molecule has 26 heavy (non-hydrogen) atoms. The second-order valence-electron chi connectivity index (χ2n) is 9.65. The third-order valence-electron chi connectivity index (χ3n) is 4.62. The molecule has 4 heteroatoms. The number of esters is 1. The van der Waals surface area contributed by atoms with Gasteiger partial charge in [0.2, 0.25) is 0 Å². The van der Waals surface area contributed by atoms with E-state index in [4.69, 9.17) is 12.6 Å². The van der Waals surface area contributed by atoms with E-state index in [2.05, 4.69) is 34.6 Å². The Kier molecular flexibility index (Phi) is 7.53. The molecule has 0 spiro atoms. The van der Waals surface area contributed by atoms with Crippen molar-refractivity contribution in [1.29, 1.82) is 0 Å². The fraction of sp³-hybridized carbons (Fsp3) is 0.682. The van der Waals surface area contributed by atoms with E-state index >= 15 is 0 Å². The summed E-state index contributed by atoms with van der Waals surface area (Å²) < 4.78 is 5.54. The van der Waals surface area contributed by atoms with Crippen LogP contribution in [-0.4, -0.2) is 18.9 Å². The number of carbonyl (C=O) groups is 1. The number of benzene rings is 1. The first-order valence-electron chi connectivity index (χ1n) is 9.48. The van der Waals surface area contributed by atoms with Crippen LogP contribution in [0.4, 0.5) is 0 Å². The lowest BCUT2D eigenvalue weighted by atomic mass is 9.68. The van der Waals surface area contributed by atoms with E-state index in [1.165, 1.54) is 0 Å². The number of carbonyl (C=O) groups excluding carboxylic acids is 1. The average molecular weight is 358 g/mol. The molecular formula is C22H35BO3. The molecule has 0 saturated heterocycles. The topological polar surface area (TPSA) is 46.5 Å². The van der Waals surface area contributed by atoms with Crippen LogP contribution in [0.1, 0.15) is 72.4 Å². The molecule has 0 fully saturated rings. The fourth-order valence-electron chi connectivity index (χ4n) is 3.59. The third-order valence-corrected chi connectivity index (χ3v) is 4.62. The molecule has 0 heterocycles. The highest BCUT2D eigenvalue weighted by Crippen LogP contribution is 2.37. The maximum Gasteiger partial charge on any atom is 0.311 e. The van der Waals surface area contributed by atoms with E-state index in [1.54, 1.807) is 0 Å². The Morgan fingerprint density at radius 2 is 1.65 bits per heavy atom. The van der Waals surface area contributed by atoms with Gasteiger partial charge >= 0.3 is 5.97 Å². The van der Waals surface area contributed by atoms with Gasteiger partial charge in [-0.1, -0.05) is 65.2 Å². The summed E-state index contributed by atoms with van der Waals surface area (Å²) in [7, 11) is 5.86. The second-order valence-corrected chi connectivity index (χ2v) is 9.65. The van der Waals surface area contributed by atoms with Gasteiger partial charge in [-0.15, -0.1) is 0 Å². The molecule has 1 N–H and O–H groups in total. The lowest BCUT2D eigenvalue weighted by Crippen LogP contribution is -2.33. The molecule has 2 atom stereocenters. The van der Waals surface area contributed by atoms with E-state index in [0.717, 1.165) is 11.1 Å². The van der Waals surface area contributed by atoms with Crippen LogP contribution < -0.4 is 0 Å². The fourth-order valence-corrected chi connectivity index (χ4v) is 3.59. The quantitative estimate of drug-likeness (QED) is 0.525. The van der Waals surface area contributed by atoms with Crippen molar-refractivity contribution in [2.45, 2.75) is 79.8 Å². The highest BCUT2D eigenvalue weighted by Gasteiger charge is 2.36. The molecule has 0 amide bonds. The van der Waals surface area contributed by atoms with Crippen LogP contribution >= 0.6 is 0 Å². The lowest BCUT2D eigenvalue weighted by molar-refractivity contribution is -0.157. The molecule has 0 aromatic heterocycles. The standard InChI is InChI=1S/C22H35BO3/c1-16(2)12-22(7,25)18-10-8-17(9-11-18)13-26-19(24)21(6,15-23)14-20(3,4)5/h8-11,16,25H,12-15H2,1-7H3. The number of aliphatic hydroxyl groups is 1. The van der Waals surface area contributed by atoms with Crippen molar-refractivity contribution in [2.75, 3.05) is 0 Å². The summed E-state index contributed by atoms with van der Waals surface area (Å²) in [4.78, 5) is 12.6. The first kappa shape index (κ1) is 22.8. The number of ether oxygens (including phenoxy) is 1. The molecule has 3 nitrogen and oxygen atoms in total. The molecule has 0 saturated carbocycles. The van der Waals surface area contributed by atoms with Crippen LogP contribution in [0.15, 0.2) is 24.3 Å². The summed E-state index contributed by atoms with van der Waals surface area (Å²) in [6.45, 7) is 14.4. The van der Waals surface area contributed by atoms with Gasteiger partial charge in [0.15, 0.2) is 0 Å². The van der Waals surface area contributed by atoms with Gasteiger partial charge in [0.1, 0.15) is 6.61 Å². The van der Waals surface area contributed by atoms with Gasteiger partial charge < -0.3 is 9.84 Å². The predicted octanol–water partition coefficient (Wildman–Crippen LogP) is 5.01. The van der Waals surface area contributed by atoms with E-state index in [9.17, 15) is 9.90 Å². The molecule has 0 aliphatic rings. The maximum absolute atomic E-state index is 12.6. The zero-order valence-corrected chi connectivity index (χ0v) is 17.6. The summed E-state index contributed by atoms with van der Waals surface area (Å²) in [6.07, 6.45) is 1.63. The molecule has 1 aromatic rings. The van der Waals surface area contributed by atoms with Gasteiger partial charge in [0.25, 0.3) is 0 Å². The minimum atomic E-state index is -0.853. The van der Waals surface area contributed by atoms with Crippen LogP contribution in [0.3, 0.4) is 0 Å². The minimum Gasteiger partial charge on any atom is -0.460 e. The Balaban J connectivity index is 2.74. The molecule has 0 aliphatic heterocycles. The third kappa shape index (κ3) is 6.79. The largest absolute Gasteiger partial charge is 0.460 e. The van der Waals surface area contributed by atoms with Crippen LogP contribution in [0.5, 0.6) is 0 Å². The van der Waals surface area contributed by atoms with Crippen LogP contribution in [0.2, 0.25) is 6.32 Å². The average Bonchev–Trinajstić information content (AvgIpc) is 2.50. The summed E-state index contributed by atoms with van der Waals surface area (Å²) in [5, 5.41) is 10.6. The van der Waals surface area contributed by atoms with E-state index in [1.807, 2.05) is 38.1 Å². The van der Waals surface area contributed by atoms with Crippen molar-refractivity contribution < 1.29 is 14.6 Å². The van der Waals surface area contributed by atoms with Crippen LogP contribution in [-0.2, 0) is 21.7 Å². The van der Waals surface area contributed by atoms with E-state index < -0.39 is 11.0 Å². The van der Waals surface area contributed by atoms with Gasteiger partial charge in [-0.2, -0.15) is 0 Å². The van der Waals surface area contributed by atoms with Gasteiger partial charge in [-0.25, -0.2) is 0 Å². The summed E-state index contributed by atoms with van der Waals surface area (Å²) in [5.74, 6) is 0.146. The smallest absolute Gasteiger partial charge is 0.311 e. The molecule has 1 aromatic carbocycles. The zero-order chi connectivity index (χ0) is 20.2. The summed E-state index contributed by atoms with van der Waals surface area (Å²) in [5.41, 5.74) is 0.239. The molecule has 0 aliphatic carbocycles. The SMILES string of the molecule is [B]CC(C)(CC(C)(C)C)C(=O)OCc1ccc(C(C)(O)CC(C)C)cc1. The van der Waals surface area contributed by atoms with Crippen molar-refractivity contribution in [3.8, 4) is 0 Å². The van der Waals surface area contributed by atoms with Crippen molar-refractivity contribution in [3.05, 3.63) is 35.4 Å². The molecule has 2 unspecified atom stereocenters. The van der Waals surface area contributed by atoms with Gasteiger partial charge in [0, 0.05) is 0 Å². The molecule has 2 radical (unpaired) electrons. The lowest BCUT2D eigenvalue weighted by Gasteiger charge is -2.33. The molecular weight excluding hydrogens is 323 g/mol. The van der Waals surface area contributed by atoms with Crippen LogP contribution in [0.25, 0.3) is 0 Å². The Labute approximate surface area is 160 Å². The first-order chi connectivity index (χ1) is 11.8. The van der Waals surface area contributed by atoms with Gasteiger partial charge in [-0.3, -0.25) is 4.79 Å². The molecule has 0 bridgehead atoms. The highest BCUT2D eigenvalue weighted by atomic mass is 16.5. The highest BCUT2D eigenvalue weighted by molar-refractivity contribution is 6.10. The van der Waals surface area contributed by atoms with Crippen molar-refractivity contribution in [2.24, 2.45) is 16.7 Å². The second kappa shape index (κ2) is 8.60. The van der Waals surface area contributed by atoms with E-state index in [-0.39, 0.29) is 24.3 Å². The number of hydrogen-bond donors (Lipinski definition) is 1. The maximum atomic E-state index is 12.6. The Hall–Kier alpha value is -1.29. The number of hydrogen-bond acceptors (Lipinski definition) is 3. The first-order valence-corrected chi connectivity index (χ1v) is 9.48. The minimum absolute atomic E-state index is 0.00319. The van der Waals surface area contributed by atoms with E-state index in [0.29, 0.717) is 18.8 Å². The monoisotopic (exact) mass is 358 g/mol. The van der Waals surface area contributed by atoms with Crippen molar-refractivity contribution in [1.82, 2.24) is 0 Å². The zero-order valence-electron chi connectivity index (χ0n) is 17.6. The van der Waals surface area contributed by atoms with Gasteiger partial charge in [-0.05, 0) is 49.1 Å². The predicted molar refractivity (Wildman–Crippen MR) is 108 cm³/mol. The van der Waals surface area contributed by atoms with Crippen molar-refractivity contribution in [3.63, 3.8) is 0 Å². The Bertz CT molecular complexity index is 584. The Morgan fingerprint density at radius 3 is 2.08 bits per heavy atom. The summed E-state index contributed by atoms with van der Waals surface area (Å²) >= 11 is 0. The molecule has 1 rings (SSSR count). The van der Waals surface area contributed by atoms with Crippen LogP contribution in [0, 0.1) is 16.7 Å². The summed E-state index contributed by atoms with van der Waals surface area (Å²) in [6, 6.07) is 7.62.